The number of hydrogen-bond acceptors (Lipinski definition) is 6. The summed E-state index contributed by atoms with van der Waals surface area (Å²) in [6.45, 7) is 2.14. The molecule has 1 aliphatic carbocycles. The number of hydrogen-bond donors (Lipinski definition) is 2. The minimum absolute atomic E-state index is 0.222. The van der Waals surface area contributed by atoms with E-state index in [1.807, 2.05) is 29.2 Å². The second-order valence-electron chi connectivity index (χ2n) is 8.30. The number of aliphatic hydroxyl groups is 2. The number of rotatable bonds is 8. The van der Waals surface area contributed by atoms with E-state index in [2.05, 4.69) is 33.1 Å². The first-order valence-electron chi connectivity index (χ1n) is 10.9. The molecule has 0 aromatic carbocycles. The van der Waals surface area contributed by atoms with Crippen molar-refractivity contribution >= 4 is 5.52 Å². The van der Waals surface area contributed by atoms with Crippen LogP contribution in [0.4, 0.5) is 0 Å². The molecule has 162 valence electrons. The lowest BCUT2D eigenvalue weighted by Gasteiger charge is -2.33. The van der Waals surface area contributed by atoms with E-state index in [0.717, 1.165) is 34.5 Å². The summed E-state index contributed by atoms with van der Waals surface area (Å²) in [6.07, 6.45) is 15.2. The molecule has 9 nitrogen and oxygen atoms in total. The lowest BCUT2D eigenvalue weighted by molar-refractivity contribution is 0.0783. The lowest BCUT2D eigenvalue weighted by Crippen LogP contribution is -2.25. The molecule has 5 rings (SSSR count). The molecule has 1 saturated carbocycles. The predicted octanol–water partition coefficient (Wildman–Crippen LogP) is 2.56. The van der Waals surface area contributed by atoms with Crippen LogP contribution in [0.15, 0.2) is 43.2 Å². The third-order valence-electron chi connectivity index (χ3n) is 6.25. The van der Waals surface area contributed by atoms with Gasteiger partial charge in [-0.2, -0.15) is 15.3 Å². The summed E-state index contributed by atoms with van der Waals surface area (Å²) in [5.74, 6) is 0.715. The van der Waals surface area contributed by atoms with Crippen LogP contribution in [0.3, 0.4) is 0 Å². The van der Waals surface area contributed by atoms with Crippen molar-refractivity contribution in [3.63, 3.8) is 0 Å². The summed E-state index contributed by atoms with van der Waals surface area (Å²) in [5, 5.41) is 32.1. The molecule has 4 aromatic heterocycles. The Balaban J connectivity index is 1.51. The molecular weight excluding hydrogens is 394 g/mol. The average molecular weight is 422 g/mol. The maximum atomic E-state index is 9.68. The zero-order valence-corrected chi connectivity index (χ0v) is 17.5. The lowest BCUT2D eigenvalue weighted by atomic mass is 9.79. The number of aromatic nitrogens is 7. The van der Waals surface area contributed by atoms with Crippen LogP contribution in [0, 0.1) is 5.92 Å². The highest BCUT2D eigenvalue weighted by Crippen LogP contribution is 2.38. The number of aliphatic hydroxyl groups excluding tert-OH is 2. The Hall–Kier alpha value is -3.04. The van der Waals surface area contributed by atoms with Gasteiger partial charge in [0.05, 0.1) is 67.0 Å². The van der Waals surface area contributed by atoms with Crippen molar-refractivity contribution in [1.82, 2.24) is 34.2 Å². The smallest absolute Gasteiger partial charge is 0.0999 e. The van der Waals surface area contributed by atoms with Crippen molar-refractivity contribution in [2.45, 2.75) is 51.3 Å². The van der Waals surface area contributed by atoms with Crippen LogP contribution in [0.5, 0.6) is 0 Å². The first-order chi connectivity index (χ1) is 15.2. The molecule has 1 fully saturated rings. The molecule has 4 aromatic rings. The van der Waals surface area contributed by atoms with Gasteiger partial charge in [0.1, 0.15) is 0 Å². The number of fused-ring (bicyclic) bond motifs is 1. The van der Waals surface area contributed by atoms with Gasteiger partial charge in [-0.1, -0.05) is 13.3 Å². The van der Waals surface area contributed by atoms with Crippen molar-refractivity contribution in [2.24, 2.45) is 5.92 Å². The van der Waals surface area contributed by atoms with E-state index in [1.165, 1.54) is 19.3 Å². The maximum absolute atomic E-state index is 9.68. The molecule has 0 radical (unpaired) electrons. The Morgan fingerprint density at radius 2 is 1.94 bits per heavy atom. The largest absolute Gasteiger partial charge is 0.394 e. The van der Waals surface area contributed by atoms with Crippen LogP contribution in [0.1, 0.15) is 38.6 Å². The predicted molar refractivity (Wildman–Crippen MR) is 115 cm³/mol. The van der Waals surface area contributed by atoms with Gasteiger partial charge in [0.15, 0.2) is 0 Å². The number of nitrogens with zero attached hydrogens (tertiary/aromatic N) is 7. The van der Waals surface area contributed by atoms with Gasteiger partial charge in [-0.05, 0) is 31.2 Å². The molecule has 2 N–H and O–H groups in total. The fourth-order valence-electron chi connectivity index (χ4n) is 4.35. The molecule has 0 aliphatic heterocycles. The monoisotopic (exact) mass is 421 g/mol. The van der Waals surface area contributed by atoms with Crippen molar-refractivity contribution < 1.29 is 10.2 Å². The molecule has 0 bridgehead atoms. The molecule has 9 heteroatoms. The van der Waals surface area contributed by atoms with E-state index in [-0.39, 0.29) is 13.2 Å². The van der Waals surface area contributed by atoms with E-state index >= 15 is 0 Å². The van der Waals surface area contributed by atoms with E-state index < -0.39 is 6.10 Å². The van der Waals surface area contributed by atoms with E-state index in [9.17, 15) is 5.11 Å². The van der Waals surface area contributed by atoms with Gasteiger partial charge in [0, 0.05) is 23.5 Å². The first-order valence-corrected chi connectivity index (χ1v) is 10.9. The molecule has 0 amide bonds. The molecule has 0 spiro atoms. The van der Waals surface area contributed by atoms with Gasteiger partial charge in [-0.25, -0.2) is 9.50 Å². The minimum Gasteiger partial charge on any atom is -0.394 e. The highest BCUT2D eigenvalue weighted by molar-refractivity contribution is 5.78. The molecular formula is C22H27N7O2. The van der Waals surface area contributed by atoms with E-state index in [0.29, 0.717) is 12.0 Å². The van der Waals surface area contributed by atoms with Gasteiger partial charge in [-0.15, -0.1) is 0 Å². The zero-order valence-electron chi connectivity index (χ0n) is 17.5. The summed E-state index contributed by atoms with van der Waals surface area (Å²) >= 11 is 0. The zero-order chi connectivity index (χ0) is 21.4. The molecule has 4 heterocycles. The Morgan fingerprint density at radius 3 is 2.68 bits per heavy atom. The SMILES string of the molecule is CCC(C1CCC1)n1cc(-c2nc(-c3cnn(C[C@@H](O)CO)c3)cn3nccc23)cn1. The molecule has 1 aliphatic rings. The Labute approximate surface area is 180 Å². The van der Waals surface area contributed by atoms with Crippen LogP contribution in [-0.2, 0) is 6.54 Å². The van der Waals surface area contributed by atoms with Crippen LogP contribution < -0.4 is 0 Å². The summed E-state index contributed by atoms with van der Waals surface area (Å²) in [6, 6.07) is 2.39. The summed E-state index contributed by atoms with van der Waals surface area (Å²) in [4.78, 5) is 4.92. The minimum atomic E-state index is -0.849. The van der Waals surface area contributed by atoms with Gasteiger partial charge >= 0.3 is 0 Å². The summed E-state index contributed by atoms with van der Waals surface area (Å²) in [7, 11) is 0. The highest BCUT2D eigenvalue weighted by Gasteiger charge is 2.28. The fourth-order valence-corrected chi connectivity index (χ4v) is 4.35. The fraction of sp³-hybridized carbons (Fsp3) is 0.455. The molecule has 1 unspecified atom stereocenters. The molecule has 0 saturated heterocycles. The maximum Gasteiger partial charge on any atom is 0.0999 e. The van der Waals surface area contributed by atoms with Crippen LogP contribution in [0.25, 0.3) is 28.0 Å². The van der Waals surface area contributed by atoms with Gasteiger partial charge < -0.3 is 10.2 Å². The average Bonchev–Trinajstić information content (AvgIpc) is 3.49. The van der Waals surface area contributed by atoms with Gasteiger partial charge in [0.25, 0.3) is 0 Å². The van der Waals surface area contributed by atoms with Crippen molar-refractivity contribution in [1.29, 1.82) is 0 Å². The van der Waals surface area contributed by atoms with Crippen molar-refractivity contribution in [2.75, 3.05) is 6.61 Å². The van der Waals surface area contributed by atoms with E-state index in [4.69, 9.17) is 10.1 Å². The quantitative estimate of drug-likeness (QED) is 0.453. The highest BCUT2D eigenvalue weighted by atomic mass is 16.3. The normalized spacial score (nSPS) is 16.5. The summed E-state index contributed by atoms with van der Waals surface area (Å²) < 4.78 is 5.53. The summed E-state index contributed by atoms with van der Waals surface area (Å²) in [5.41, 5.74) is 4.26. The standard InChI is InChI=1S/C22H27N7O2/c1-2-20(15-4-3-5-15)28-11-17(9-25-28)22-21-6-7-23-29(21)13-19(26-22)16-8-24-27(10-16)12-18(31)14-30/h6-11,13,15,18,20,30-31H,2-5,12,14H2,1H3/t18-,20?/m1/s1. The Bertz CT molecular complexity index is 1170. The first kappa shape index (κ1) is 19.9. The second-order valence-corrected chi connectivity index (χ2v) is 8.30. The third-order valence-corrected chi connectivity index (χ3v) is 6.25. The topological polar surface area (TPSA) is 106 Å². The van der Waals surface area contributed by atoms with Crippen LogP contribution >= 0.6 is 0 Å². The van der Waals surface area contributed by atoms with E-state index in [1.54, 1.807) is 17.1 Å². The van der Waals surface area contributed by atoms with Crippen LogP contribution in [-0.4, -0.2) is 57.1 Å². The van der Waals surface area contributed by atoms with Crippen molar-refractivity contribution in [3.05, 3.63) is 43.2 Å². The second kappa shape index (κ2) is 8.24. The molecule has 31 heavy (non-hydrogen) atoms. The third kappa shape index (κ3) is 3.75. The Morgan fingerprint density at radius 1 is 1.10 bits per heavy atom. The Kier molecular flexibility index (Phi) is 5.29. The molecule has 2 atom stereocenters. The van der Waals surface area contributed by atoms with Crippen LogP contribution in [0.2, 0.25) is 0 Å². The van der Waals surface area contributed by atoms with Gasteiger partial charge in [-0.3, -0.25) is 9.36 Å². The van der Waals surface area contributed by atoms with Crippen molar-refractivity contribution in [3.8, 4) is 22.5 Å². The van der Waals surface area contributed by atoms with Gasteiger partial charge in [0.2, 0.25) is 0 Å².